The second kappa shape index (κ2) is 5.50. The Hall–Kier alpha value is -1.39. The van der Waals surface area contributed by atoms with Gasteiger partial charge in [-0.2, -0.15) is 0 Å². The minimum absolute atomic E-state index is 0.619. The summed E-state index contributed by atoms with van der Waals surface area (Å²) in [5.41, 5.74) is 2.37. The van der Waals surface area contributed by atoms with E-state index < -0.39 is 0 Å². The van der Waals surface area contributed by atoms with Crippen LogP contribution < -0.4 is 10.6 Å². The van der Waals surface area contributed by atoms with E-state index in [4.69, 9.17) is 0 Å². The fourth-order valence-electron chi connectivity index (χ4n) is 2.30. The van der Waals surface area contributed by atoms with E-state index >= 15 is 0 Å². The molecule has 3 nitrogen and oxygen atoms in total. The van der Waals surface area contributed by atoms with Crippen molar-refractivity contribution in [3.8, 4) is 10.6 Å². The fourth-order valence-corrected chi connectivity index (χ4v) is 2.94. The van der Waals surface area contributed by atoms with Crippen LogP contribution >= 0.6 is 11.3 Å². The van der Waals surface area contributed by atoms with E-state index in [2.05, 4.69) is 39.9 Å². The lowest BCUT2D eigenvalue weighted by Crippen LogP contribution is -2.29. The molecule has 0 bridgehead atoms. The highest BCUT2D eigenvalue weighted by atomic mass is 32.1. The molecule has 18 heavy (non-hydrogen) atoms. The van der Waals surface area contributed by atoms with Gasteiger partial charge in [0.1, 0.15) is 5.01 Å². The molecule has 2 aromatic rings. The van der Waals surface area contributed by atoms with Gasteiger partial charge in [-0.25, -0.2) is 4.98 Å². The zero-order valence-electron chi connectivity index (χ0n) is 10.2. The summed E-state index contributed by atoms with van der Waals surface area (Å²) < 4.78 is 0. The minimum Gasteiger partial charge on any atom is -0.383 e. The minimum atomic E-state index is 0.619. The highest BCUT2D eigenvalue weighted by molar-refractivity contribution is 7.13. The van der Waals surface area contributed by atoms with E-state index in [9.17, 15) is 0 Å². The molecule has 0 amide bonds. The van der Waals surface area contributed by atoms with Gasteiger partial charge in [-0.1, -0.05) is 12.1 Å². The van der Waals surface area contributed by atoms with Gasteiger partial charge < -0.3 is 10.6 Å². The Kier molecular flexibility index (Phi) is 3.57. The predicted molar refractivity (Wildman–Crippen MR) is 77.1 cm³/mol. The Morgan fingerprint density at radius 1 is 1.44 bits per heavy atom. The van der Waals surface area contributed by atoms with Crippen molar-refractivity contribution in [1.29, 1.82) is 0 Å². The molecule has 1 aliphatic rings. The van der Waals surface area contributed by atoms with Gasteiger partial charge in [-0.15, -0.1) is 11.3 Å². The largest absolute Gasteiger partial charge is 0.383 e. The molecular formula is C14H17N3S. The van der Waals surface area contributed by atoms with E-state index in [-0.39, 0.29) is 0 Å². The first-order valence-corrected chi connectivity index (χ1v) is 7.27. The van der Waals surface area contributed by atoms with Crippen LogP contribution in [0.3, 0.4) is 0 Å². The second-order valence-electron chi connectivity index (χ2n) is 4.59. The van der Waals surface area contributed by atoms with Crippen LogP contribution in [-0.4, -0.2) is 24.1 Å². The Balaban J connectivity index is 1.67. The number of aromatic nitrogens is 1. The van der Waals surface area contributed by atoms with Gasteiger partial charge in [0.2, 0.25) is 0 Å². The van der Waals surface area contributed by atoms with E-state index in [1.807, 2.05) is 11.6 Å². The number of nitrogens with one attached hydrogen (secondary N) is 2. The van der Waals surface area contributed by atoms with Gasteiger partial charge in [-0.3, -0.25) is 0 Å². The summed E-state index contributed by atoms with van der Waals surface area (Å²) in [5, 5.41) is 10.1. The lowest BCUT2D eigenvalue weighted by Gasteiger charge is -2.13. The van der Waals surface area contributed by atoms with Crippen molar-refractivity contribution >= 4 is 17.0 Å². The average Bonchev–Trinajstić information content (AvgIpc) is 3.10. The SMILES string of the molecule is c1cc(NCC2CCCN2)cc(-c2nccs2)c1. The number of hydrogen-bond acceptors (Lipinski definition) is 4. The van der Waals surface area contributed by atoms with E-state index in [0.29, 0.717) is 6.04 Å². The van der Waals surface area contributed by atoms with Crippen molar-refractivity contribution in [2.45, 2.75) is 18.9 Å². The third kappa shape index (κ3) is 2.71. The summed E-state index contributed by atoms with van der Waals surface area (Å²) in [6.07, 6.45) is 4.42. The number of hydrogen-bond donors (Lipinski definition) is 2. The quantitative estimate of drug-likeness (QED) is 0.886. The monoisotopic (exact) mass is 259 g/mol. The highest BCUT2D eigenvalue weighted by Gasteiger charge is 2.13. The van der Waals surface area contributed by atoms with Crippen molar-refractivity contribution in [3.63, 3.8) is 0 Å². The zero-order valence-corrected chi connectivity index (χ0v) is 11.0. The molecule has 1 aromatic heterocycles. The first-order valence-electron chi connectivity index (χ1n) is 6.39. The lowest BCUT2D eigenvalue weighted by molar-refractivity contribution is 0.633. The molecule has 94 valence electrons. The third-order valence-corrected chi connectivity index (χ3v) is 4.08. The summed E-state index contributed by atoms with van der Waals surface area (Å²) in [7, 11) is 0. The summed E-state index contributed by atoms with van der Waals surface area (Å²) in [4.78, 5) is 4.34. The van der Waals surface area contributed by atoms with Crippen LogP contribution in [0.25, 0.3) is 10.6 Å². The fraction of sp³-hybridized carbons (Fsp3) is 0.357. The zero-order chi connectivity index (χ0) is 12.2. The van der Waals surface area contributed by atoms with Crippen LogP contribution in [0.4, 0.5) is 5.69 Å². The van der Waals surface area contributed by atoms with Crippen LogP contribution in [0, 0.1) is 0 Å². The van der Waals surface area contributed by atoms with E-state index in [0.717, 1.165) is 18.1 Å². The van der Waals surface area contributed by atoms with Crippen molar-refractivity contribution in [1.82, 2.24) is 10.3 Å². The normalized spacial score (nSPS) is 19.0. The second-order valence-corrected chi connectivity index (χ2v) is 5.49. The van der Waals surface area contributed by atoms with Gasteiger partial charge in [0.15, 0.2) is 0 Å². The maximum atomic E-state index is 4.34. The van der Waals surface area contributed by atoms with Gasteiger partial charge in [-0.05, 0) is 31.5 Å². The molecule has 1 aliphatic heterocycles. The van der Waals surface area contributed by atoms with Crippen molar-refractivity contribution < 1.29 is 0 Å². The average molecular weight is 259 g/mol. The number of anilines is 1. The van der Waals surface area contributed by atoms with Crippen LogP contribution in [0.1, 0.15) is 12.8 Å². The molecule has 2 N–H and O–H groups in total. The van der Waals surface area contributed by atoms with Crippen LogP contribution in [0.15, 0.2) is 35.8 Å². The molecule has 3 rings (SSSR count). The standard InChI is InChI=1S/C14H17N3S/c1-3-11(14-16-7-8-18-14)9-12(4-1)17-10-13-5-2-6-15-13/h1,3-4,7-9,13,15,17H,2,5-6,10H2. The molecule has 1 fully saturated rings. The Morgan fingerprint density at radius 2 is 2.44 bits per heavy atom. The molecule has 0 radical (unpaired) electrons. The van der Waals surface area contributed by atoms with E-state index in [1.165, 1.54) is 24.1 Å². The molecule has 1 saturated heterocycles. The Morgan fingerprint density at radius 3 is 3.22 bits per heavy atom. The Bertz CT molecular complexity index is 490. The lowest BCUT2D eigenvalue weighted by atomic mass is 10.2. The van der Waals surface area contributed by atoms with Gasteiger partial charge in [0, 0.05) is 35.4 Å². The molecule has 0 saturated carbocycles. The molecule has 4 heteroatoms. The highest BCUT2D eigenvalue weighted by Crippen LogP contribution is 2.24. The first kappa shape index (κ1) is 11.7. The number of rotatable bonds is 4. The molecule has 1 atom stereocenters. The summed E-state index contributed by atoms with van der Waals surface area (Å²) >= 11 is 1.68. The van der Waals surface area contributed by atoms with Crippen molar-refractivity contribution in [3.05, 3.63) is 35.8 Å². The molecule has 0 aliphatic carbocycles. The summed E-state index contributed by atoms with van der Waals surface area (Å²) in [6, 6.07) is 9.10. The molecule has 1 aromatic carbocycles. The Labute approximate surface area is 111 Å². The van der Waals surface area contributed by atoms with Gasteiger partial charge >= 0.3 is 0 Å². The third-order valence-electron chi connectivity index (χ3n) is 3.26. The van der Waals surface area contributed by atoms with Crippen LogP contribution in [0.5, 0.6) is 0 Å². The van der Waals surface area contributed by atoms with Crippen molar-refractivity contribution in [2.24, 2.45) is 0 Å². The predicted octanol–water partition coefficient (Wildman–Crippen LogP) is 2.97. The smallest absolute Gasteiger partial charge is 0.123 e. The van der Waals surface area contributed by atoms with Gasteiger partial charge in [0.05, 0.1) is 0 Å². The van der Waals surface area contributed by atoms with E-state index in [1.54, 1.807) is 11.3 Å². The van der Waals surface area contributed by atoms with Crippen LogP contribution in [-0.2, 0) is 0 Å². The molecule has 0 spiro atoms. The number of nitrogens with zero attached hydrogens (tertiary/aromatic N) is 1. The van der Waals surface area contributed by atoms with Crippen molar-refractivity contribution in [2.75, 3.05) is 18.4 Å². The maximum absolute atomic E-state index is 4.34. The number of benzene rings is 1. The number of thiazole rings is 1. The maximum Gasteiger partial charge on any atom is 0.123 e. The summed E-state index contributed by atoms with van der Waals surface area (Å²) in [6.45, 7) is 2.16. The molecular weight excluding hydrogens is 242 g/mol. The topological polar surface area (TPSA) is 37.0 Å². The first-order chi connectivity index (χ1) is 8.92. The van der Waals surface area contributed by atoms with Gasteiger partial charge in [0.25, 0.3) is 0 Å². The molecule has 2 heterocycles. The van der Waals surface area contributed by atoms with Crippen LogP contribution in [0.2, 0.25) is 0 Å². The summed E-state index contributed by atoms with van der Waals surface area (Å²) in [5.74, 6) is 0. The molecule has 1 unspecified atom stereocenters.